The van der Waals surface area contributed by atoms with Gasteiger partial charge in [-0.05, 0) is 47.6 Å². The number of aryl methyl sites for hydroxylation is 1. The van der Waals surface area contributed by atoms with Crippen LogP contribution in [0.15, 0.2) is 48.5 Å². The van der Waals surface area contributed by atoms with Gasteiger partial charge in [-0.3, -0.25) is 4.79 Å². The molecule has 0 fully saturated rings. The molecule has 1 unspecified atom stereocenters. The van der Waals surface area contributed by atoms with Crippen LogP contribution in [0.1, 0.15) is 81.2 Å². The molecule has 4 aromatic rings. The molecule has 4 rings (SSSR count). The topological polar surface area (TPSA) is 177 Å². The Bertz CT molecular complexity index is 1610. The molecule has 2 aromatic carbocycles. The molecule has 0 saturated carbocycles. The molecule has 0 spiro atoms. The predicted octanol–water partition coefficient (Wildman–Crippen LogP) is 5.98. The third-order valence-corrected chi connectivity index (χ3v) is 7.50. The molecule has 0 amide bonds. The summed E-state index contributed by atoms with van der Waals surface area (Å²) in [5.41, 5.74) is 3.68. The third-order valence-electron chi connectivity index (χ3n) is 7.24. The van der Waals surface area contributed by atoms with E-state index in [0.29, 0.717) is 43.9 Å². The van der Waals surface area contributed by atoms with Crippen LogP contribution in [0.3, 0.4) is 0 Å². The van der Waals surface area contributed by atoms with Crippen LogP contribution in [-0.4, -0.2) is 59.6 Å². The van der Waals surface area contributed by atoms with Crippen molar-refractivity contribution < 1.29 is 29.0 Å². The molecule has 0 aliphatic carbocycles. The highest BCUT2D eigenvalue weighted by Gasteiger charge is 2.26. The van der Waals surface area contributed by atoms with Gasteiger partial charge in [0.25, 0.3) is 5.09 Å². The number of carbonyl (C=O) groups is 2. The predicted molar refractivity (Wildman–Crippen MR) is 167 cm³/mol. The van der Waals surface area contributed by atoms with Crippen LogP contribution >= 0.6 is 11.6 Å². The molecule has 0 radical (unpaired) electrons. The van der Waals surface area contributed by atoms with E-state index >= 15 is 0 Å². The number of carbonyl (C=O) groups excluding carboxylic acids is 2. The number of hydrogen-bond donors (Lipinski definition) is 1. The summed E-state index contributed by atoms with van der Waals surface area (Å²) in [6, 6.07) is 15.6. The molecule has 0 bridgehead atoms. The smallest absolute Gasteiger partial charge is 0.361 e. The molecule has 1 N–H and O–H groups in total. The number of nitrogens with one attached hydrogen (secondary N) is 1. The van der Waals surface area contributed by atoms with Crippen LogP contribution in [0.2, 0.25) is 5.15 Å². The van der Waals surface area contributed by atoms with Crippen molar-refractivity contribution >= 4 is 23.5 Å². The summed E-state index contributed by atoms with van der Waals surface area (Å²) in [5.74, 6) is -0.265. The lowest BCUT2D eigenvalue weighted by Crippen LogP contribution is -2.24. The van der Waals surface area contributed by atoms with Gasteiger partial charge in [0.2, 0.25) is 12.1 Å². The number of unbranched alkanes of at least 4 members (excludes halogenated alkanes) is 1. The van der Waals surface area contributed by atoms with E-state index in [2.05, 4.69) is 37.4 Å². The first kappa shape index (κ1) is 34.0. The van der Waals surface area contributed by atoms with Gasteiger partial charge in [0.15, 0.2) is 10.8 Å². The average Bonchev–Trinajstić information content (AvgIpc) is 3.67. The van der Waals surface area contributed by atoms with Crippen LogP contribution in [0.5, 0.6) is 0 Å². The van der Waals surface area contributed by atoms with Gasteiger partial charge in [-0.2, -0.15) is 5.21 Å². The highest BCUT2D eigenvalue weighted by Crippen LogP contribution is 2.30. The molecule has 2 atom stereocenters. The molecule has 0 saturated heterocycles. The van der Waals surface area contributed by atoms with Crippen LogP contribution in [0.4, 0.5) is 0 Å². The number of rotatable bonds is 17. The minimum Gasteiger partial charge on any atom is -0.425 e. The number of H-pyrrole nitrogens is 1. The zero-order valence-electron chi connectivity index (χ0n) is 25.8. The molecule has 0 aliphatic heterocycles. The Balaban J connectivity index is 1.45. The second-order valence-corrected chi connectivity index (χ2v) is 10.9. The van der Waals surface area contributed by atoms with Gasteiger partial charge in [-0.25, -0.2) is 9.78 Å². The van der Waals surface area contributed by atoms with Crippen molar-refractivity contribution in [2.45, 2.75) is 84.7 Å². The van der Waals surface area contributed by atoms with Crippen molar-refractivity contribution in [3.05, 3.63) is 80.9 Å². The fraction of sp³-hybridized carbons (Fsp3) is 0.419. The summed E-state index contributed by atoms with van der Waals surface area (Å²) in [7, 11) is 0. The maximum atomic E-state index is 13.3. The van der Waals surface area contributed by atoms with Crippen molar-refractivity contribution in [1.82, 2.24) is 30.2 Å². The van der Waals surface area contributed by atoms with Crippen LogP contribution < -0.4 is 0 Å². The van der Waals surface area contributed by atoms with Gasteiger partial charge in [-0.1, -0.05) is 80.4 Å². The zero-order valence-corrected chi connectivity index (χ0v) is 26.6. The Hall–Kier alpha value is -4.85. The van der Waals surface area contributed by atoms with E-state index < -0.39 is 29.4 Å². The molecule has 244 valence electrons. The second-order valence-electron chi connectivity index (χ2n) is 10.5. The van der Waals surface area contributed by atoms with Crippen molar-refractivity contribution in [2.75, 3.05) is 0 Å². The van der Waals surface area contributed by atoms with Crippen LogP contribution in [0, 0.1) is 10.1 Å². The number of halogens is 1. The minimum absolute atomic E-state index is 0.00307. The number of imidazole rings is 1. The molecule has 15 heteroatoms. The zero-order chi connectivity index (χ0) is 33.1. The summed E-state index contributed by atoms with van der Waals surface area (Å²) in [6.07, 6.45) is 1.59. The number of tetrazole rings is 1. The Morgan fingerprint density at radius 3 is 2.46 bits per heavy atom. The number of ether oxygens (including phenoxy) is 2. The second kappa shape index (κ2) is 16.5. The minimum atomic E-state index is -1.20. The molecule has 46 heavy (non-hydrogen) atoms. The Morgan fingerprint density at radius 1 is 1.07 bits per heavy atom. The van der Waals surface area contributed by atoms with E-state index in [1.807, 2.05) is 48.5 Å². The van der Waals surface area contributed by atoms with E-state index in [1.54, 1.807) is 11.5 Å². The molecule has 14 nitrogen and oxygen atoms in total. The summed E-state index contributed by atoms with van der Waals surface area (Å²) >= 11 is 6.48. The Morgan fingerprint density at radius 2 is 1.80 bits per heavy atom. The average molecular weight is 654 g/mol. The monoisotopic (exact) mass is 653 g/mol. The molecule has 0 aliphatic rings. The van der Waals surface area contributed by atoms with Crippen molar-refractivity contribution in [3.8, 4) is 22.5 Å². The first-order chi connectivity index (χ1) is 22.2. The van der Waals surface area contributed by atoms with E-state index in [0.717, 1.165) is 35.1 Å². The lowest BCUT2D eigenvalue weighted by atomic mass is 9.98. The summed E-state index contributed by atoms with van der Waals surface area (Å²) in [5, 5.41) is 24.1. The quantitative estimate of drug-likeness (QED) is 0.0613. The maximum absolute atomic E-state index is 13.3. The highest BCUT2D eigenvalue weighted by molar-refractivity contribution is 6.32. The standard InChI is InChI=1S/C31H36ClN7O7/c1-4-6-13-26-33-29(32)28(31(41)45-20(3)44-27(40)14-9-10-23(5-2)46-39(42)43)38(26)19-21-15-17-22(18-16-21)24-11-7-8-12-25(24)30-34-36-37-35-30/h7-8,11-12,15-18,20,23H,4-6,9-10,13-14,19H2,1-3H3,(H,34,35,36,37)/t20?,23-/m0/s1. The summed E-state index contributed by atoms with van der Waals surface area (Å²) in [4.78, 5) is 45.3. The summed E-state index contributed by atoms with van der Waals surface area (Å²) in [6.45, 7) is 5.54. The van der Waals surface area contributed by atoms with E-state index in [-0.39, 0.29) is 17.3 Å². The Labute approximate surface area is 270 Å². The largest absolute Gasteiger partial charge is 0.425 e. The van der Waals surface area contributed by atoms with Gasteiger partial charge >= 0.3 is 11.9 Å². The van der Waals surface area contributed by atoms with Gasteiger partial charge in [0.05, 0.1) is 0 Å². The van der Waals surface area contributed by atoms with Crippen LogP contribution in [0.25, 0.3) is 22.5 Å². The van der Waals surface area contributed by atoms with Gasteiger partial charge in [0.1, 0.15) is 11.9 Å². The third kappa shape index (κ3) is 9.10. The van der Waals surface area contributed by atoms with Gasteiger partial charge < -0.3 is 18.9 Å². The van der Waals surface area contributed by atoms with E-state index in [4.69, 9.17) is 21.1 Å². The maximum Gasteiger partial charge on any atom is 0.361 e. The fourth-order valence-corrected chi connectivity index (χ4v) is 5.21. The van der Waals surface area contributed by atoms with Crippen molar-refractivity contribution in [3.63, 3.8) is 0 Å². The molecular formula is C31H36ClN7O7. The number of benzene rings is 2. The summed E-state index contributed by atoms with van der Waals surface area (Å²) < 4.78 is 12.4. The number of hydrogen-bond acceptors (Lipinski definition) is 11. The van der Waals surface area contributed by atoms with Gasteiger partial charge in [0, 0.05) is 31.9 Å². The molecule has 2 heterocycles. The SMILES string of the molecule is CCCCc1nc(Cl)c(C(=O)OC(C)OC(=O)CCC[C@H](CC)O[N+](=O)[O-])n1Cc1ccc(-c2ccccc2-c2nn[nH]n2)cc1. The lowest BCUT2D eigenvalue weighted by molar-refractivity contribution is -0.768. The number of nitrogens with zero attached hydrogens (tertiary/aromatic N) is 6. The highest BCUT2D eigenvalue weighted by atomic mass is 35.5. The molecular weight excluding hydrogens is 618 g/mol. The van der Waals surface area contributed by atoms with Crippen LogP contribution in [-0.2, 0) is 32.1 Å². The van der Waals surface area contributed by atoms with E-state index in [9.17, 15) is 19.7 Å². The number of aromatic nitrogens is 6. The molecule has 2 aromatic heterocycles. The van der Waals surface area contributed by atoms with Gasteiger partial charge in [-0.15, -0.1) is 20.3 Å². The number of aromatic amines is 1. The first-order valence-electron chi connectivity index (χ1n) is 15.1. The van der Waals surface area contributed by atoms with Crippen molar-refractivity contribution in [2.24, 2.45) is 0 Å². The Kier molecular flexibility index (Phi) is 12.2. The normalized spacial score (nSPS) is 12.3. The number of esters is 2. The fourth-order valence-electron chi connectivity index (χ4n) is 4.94. The van der Waals surface area contributed by atoms with E-state index in [1.165, 1.54) is 6.92 Å². The van der Waals surface area contributed by atoms with Crippen molar-refractivity contribution in [1.29, 1.82) is 0 Å². The first-order valence-corrected chi connectivity index (χ1v) is 15.5. The lowest BCUT2D eigenvalue weighted by Gasteiger charge is -2.17.